The first-order valence-corrected chi connectivity index (χ1v) is 8.42. The molecule has 124 valence electrons. The van der Waals surface area contributed by atoms with Crippen molar-refractivity contribution in [1.29, 1.82) is 0 Å². The molecular weight excluding hydrogens is 339 g/mol. The minimum absolute atomic E-state index is 0.153. The second-order valence-corrected chi connectivity index (χ2v) is 6.43. The lowest BCUT2D eigenvalue weighted by Crippen LogP contribution is -1.77. The number of hydrogen-bond donors (Lipinski definition) is 2. The predicted octanol–water partition coefficient (Wildman–Crippen LogP) is 5.86. The van der Waals surface area contributed by atoms with Gasteiger partial charge in [-0.2, -0.15) is 0 Å². The van der Waals surface area contributed by atoms with Crippen molar-refractivity contribution < 1.29 is 9.50 Å². The zero-order chi connectivity index (χ0) is 17.4. The van der Waals surface area contributed by atoms with Crippen LogP contribution in [0, 0.1) is 12.7 Å². The van der Waals surface area contributed by atoms with Crippen LogP contribution in [0.4, 0.5) is 15.2 Å². The molecule has 7 heteroatoms. The molecule has 25 heavy (non-hydrogen) atoms. The van der Waals surface area contributed by atoms with Gasteiger partial charge in [-0.15, -0.1) is 21.6 Å². The molecular formula is C18H13FN4OS. The first-order valence-electron chi connectivity index (χ1n) is 7.54. The highest BCUT2D eigenvalue weighted by molar-refractivity contribution is 7.13. The molecule has 0 aliphatic carbocycles. The van der Waals surface area contributed by atoms with E-state index in [1.54, 1.807) is 6.07 Å². The standard InChI is InChI=1S/C18H13FN4OS/c1-10-2-4-11(5-3-10)15-9-25-18(21-15)23-22-16-13-8-12(19)6-7-14(13)20-17(16)24/h2-9,20,24H,1H3. The van der Waals surface area contributed by atoms with E-state index in [4.69, 9.17) is 0 Å². The number of hydrogen-bond acceptors (Lipinski definition) is 5. The number of aromatic nitrogens is 2. The highest BCUT2D eigenvalue weighted by Gasteiger charge is 2.11. The highest BCUT2D eigenvalue weighted by Crippen LogP contribution is 2.37. The van der Waals surface area contributed by atoms with Crippen LogP contribution in [0.2, 0.25) is 0 Å². The molecule has 2 aromatic carbocycles. The summed E-state index contributed by atoms with van der Waals surface area (Å²) >= 11 is 1.35. The quantitative estimate of drug-likeness (QED) is 0.453. The lowest BCUT2D eigenvalue weighted by atomic mass is 10.1. The van der Waals surface area contributed by atoms with Gasteiger partial charge in [0.05, 0.1) is 11.2 Å². The van der Waals surface area contributed by atoms with E-state index in [1.165, 1.54) is 29.0 Å². The second kappa shape index (κ2) is 6.10. The van der Waals surface area contributed by atoms with Gasteiger partial charge in [-0.1, -0.05) is 29.8 Å². The van der Waals surface area contributed by atoms with E-state index in [2.05, 4.69) is 20.2 Å². The number of aromatic amines is 1. The number of H-pyrrole nitrogens is 1. The van der Waals surface area contributed by atoms with Gasteiger partial charge in [0.1, 0.15) is 5.82 Å². The Balaban J connectivity index is 1.66. The summed E-state index contributed by atoms with van der Waals surface area (Å²) in [7, 11) is 0. The molecule has 2 heterocycles. The fourth-order valence-corrected chi connectivity index (χ4v) is 3.14. The zero-order valence-corrected chi connectivity index (χ0v) is 14.0. The van der Waals surface area contributed by atoms with Crippen molar-refractivity contribution in [3.05, 3.63) is 59.2 Å². The maximum absolute atomic E-state index is 13.4. The second-order valence-electron chi connectivity index (χ2n) is 5.59. The summed E-state index contributed by atoms with van der Waals surface area (Å²) in [6.45, 7) is 2.03. The molecule has 0 bridgehead atoms. The molecule has 0 unspecified atom stereocenters. The number of aryl methyl sites for hydroxylation is 1. The number of fused-ring (bicyclic) bond motifs is 1. The van der Waals surface area contributed by atoms with Crippen LogP contribution in [0.25, 0.3) is 22.2 Å². The molecule has 0 atom stereocenters. The summed E-state index contributed by atoms with van der Waals surface area (Å²) < 4.78 is 13.4. The molecule has 2 aromatic heterocycles. The molecule has 0 saturated carbocycles. The Kier molecular flexibility index (Phi) is 3.77. The largest absolute Gasteiger partial charge is 0.493 e. The molecule has 0 spiro atoms. The van der Waals surface area contributed by atoms with Crippen LogP contribution in [0.3, 0.4) is 0 Å². The minimum Gasteiger partial charge on any atom is -0.493 e. The molecule has 0 saturated heterocycles. The van der Waals surface area contributed by atoms with E-state index in [9.17, 15) is 9.50 Å². The third-order valence-electron chi connectivity index (χ3n) is 3.79. The Labute approximate surface area is 146 Å². The normalized spacial score (nSPS) is 11.6. The fraction of sp³-hybridized carbons (Fsp3) is 0.0556. The number of aromatic hydroxyl groups is 1. The van der Waals surface area contributed by atoms with Crippen LogP contribution in [0.5, 0.6) is 5.88 Å². The molecule has 2 N–H and O–H groups in total. The smallest absolute Gasteiger partial charge is 0.230 e. The maximum Gasteiger partial charge on any atom is 0.230 e. The third kappa shape index (κ3) is 3.01. The Bertz CT molecular complexity index is 1080. The molecule has 0 fully saturated rings. The number of halogens is 1. The van der Waals surface area contributed by atoms with Crippen LogP contribution < -0.4 is 0 Å². The van der Waals surface area contributed by atoms with Crippen molar-refractivity contribution in [2.24, 2.45) is 10.2 Å². The van der Waals surface area contributed by atoms with Crippen LogP contribution in [-0.2, 0) is 0 Å². The summed E-state index contributed by atoms with van der Waals surface area (Å²) in [5.74, 6) is -0.557. The average molecular weight is 352 g/mol. The van der Waals surface area contributed by atoms with Gasteiger partial charge in [-0.25, -0.2) is 9.37 Å². The first-order chi connectivity index (χ1) is 12.1. The van der Waals surface area contributed by atoms with Gasteiger partial charge in [-0.3, -0.25) is 0 Å². The Morgan fingerprint density at radius 2 is 1.92 bits per heavy atom. The highest BCUT2D eigenvalue weighted by atomic mass is 32.1. The number of nitrogens with zero attached hydrogens (tertiary/aromatic N) is 3. The van der Waals surface area contributed by atoms with Crippen LogP contribution >= 0.6 is 11.3 Å². The van der Waals surface area contributed by atoms with Gasteiger partial charge < -0.3 is 10.1 Å². The van der Waals surface area contributed by atoms with Gasteiger partial charge in [0, 0.05) is 16.3 Å². The van der Waals surface area contributed by atoms with Crippen LogP contribution in [0.15, 0.2) is 58.1 Å². The van der Waals surface area contributed by atoms with Crippen molar-refractivity contribution in [2.45, 2.75) is 6.92 Å². The molecule has 0 aliphatic heterocycles. The number of rotatable bonds is 3. The molecule has 0 aliphatic rings. The monoisotopic (exact) mass is 352 g/mol. The Hall–Kier alpha value is -3.06. The van der Waals surface area contributed by atoms with E-state index in [0.29, 0.717) is 16.0 Å². The van der Waals surface area contributed by atoms with Crippen LogP contribution in [-0.4, -0.2) is 15.1 Å². The molecule has 4 aromatic rings. The average Bonchev–Trinajstić information content (AvgIpc) is 3.18. The molecule has 5 nitrogen and oxygen atoms in total. The first kappa shape index (κ1) is 15.5. The summed E-state index contributed by atoms with van der Waals surface area (Å²) in [5, 5.41) is 20.9. The van der Waals surface area contributed by atoms with E-state index >= 15 is 0 Å². The van der Waals surface area contributed by atoms with Crippen LogP contribution in [0.1, 0.15) is 5.56 Å². The molecule has 0 radical (unpaired) electrons. The van der Waals surface area contributed by atoms with Gasteiger partial charge in [0.15, 0.2) is 5.69 Å². The summed E-state index contributed by atoms with van der Waals surface area (Å²) in [5.41, 5.74) is 3.78. The van der Waals surface area contributed by atoms with Gasteiger partial charge >= 0.3 is 0 Å². The van der Waals surface area contributed by atoms with Crippen molar-refractivity contribution in [2.75, 3.05) is 0 Å². The van der Waals surface area contributed by atoms with Gasteiger partial charge in [-0.05, 0) is 25.1 Å². The zero-order valence-electron chi connectivity index (χ0n) is 13.2. The molecule has 4 rings (SSSR count). The Morgan fingerprint density at radius 1 is 1.12 bits per heavy atom. The third-order valence-corrected chi connectivity index (χ3v) is 4.51. The fourth-order valence-electron chi connectivity index (χ4n) is 2.50. The van der Waals surface area contributed by atoms with Gasteiger partial charge in [0.2, 0.25) is 11.0 Å². The Morgan fingerprint density at radius 3 is 2.72 bits per heavy atom. The maximum atomic E-state index is 13.4. The number of benzene rings is 2. The van der Waals surface area contributed by atoms with E-state index < -0.39 is 5.82 Å². The number of nitrogens with one attached hydrogen (secondary N) is 1. The lowest BCUT2D eigenvalue weighted by molar-refractivity contribution is 0.459. The summed E-state index contributed by atoms with van der Waals surface area (Å²) in [6.07, 6.45) is 0. The topological polar surface area (TPSA) is 73.6 Å². The number of thiazole rings is 1. The summed E-state index contributed by atoms with van der Waals surface area (Å²) in [4.78, 5) is 7.17. The van der Waals surface area contributed by atoms with E-state index in [-0.39, 0.29) is 11.6 Å². The van der Waals surface area contributed by atoms with Gasteiger partial charge in [0.25, 0.3) is 0 Å². The minimum atomic E-state index is -0.404. The predicted molar refractivity (Wildman–Crippen MR) is 96.4 cm³/mol. The van der Waals surface area contributed by atoms with Crippen molar-refractivity contribution in [3.63, 3.8) is 0 Å². The molecule has 0 amide bonds. The number of azo groups is 1. The van der Waals surface area contributed by atoms with E-state index in [1.807, 2.05) is 36.6 Å². The van der Waals surface area contributed by atoms with Crippen molar-refractivity contribution in [1.82, 2.24) is 9.97 Å². The van der Waals surface area contributed by atoms with Crippen molar-refractivity contribution in [3.8, 4) is 17.1 Å². The van der Waals surface area contributed by atoms with Crippen molar-refractivity contribution >= 4 is 33.1 Å². The lowest BCUT2D eigenvalue weighted by Gasteiger charge is -1.96. The SMILES string of the molecule is Cc1ccc(-c2csc(N=Nc3c(O)[nH]c4ccc(F)cc34)n2)cc1. The van der Waals surface area contributed by atoms with E-state index in [0.717, 1.165) is 11.3 Å². The summed E-state index contributed by atoms with van der Waals surface area (Å²) in [6, 6.07) is 12.2.